The van der Waals surface area contributed by atoms with E-state index >= 15 is 0 Å². The lowest BCUT2D eigenvalue weighted by Crippen LogP contribution is -2.26. The van der Waals surface area contributed by atoms with Gasteiger partial charge < -0.3 is 15.4 Å². The zero-order valence-electron chi connectivity index (χ0n) is 15.1. The molecule has 7 heteroatoms. The molecule has 0 aliphatic carbocycles. The highest BCUT2D eigenvalue weighted by Gasteiger charge is 2.42. The quantitative estimate of drug-likeness (QED) is 0.479. The van der Waals surface area contributed by atoms with Crippen molar-refractivity contribution in [2.75, 3.05) is 18.6 Å². The number of benzene rings is 2. The van der Waals surface area contributed by atoms with Crippen LogP contribution in [0.25, 0.3) is 11.1 Å². The number of methoxy groups -OCH3 is 1. The van der Waals surface area contributed by atoms with Gasteiger partial charge in [0.15, 0.2) is 0 Å². The number of rotatable bonds is 4. The summed E-state index contributed by atoms with van der Waals surface area (Å²) in [5, 5.41) is 7.44. The minimum absolute atomic E-state index is 0. The van der Waals surface area contributed by atoms with Crippen LogP contribution in [0.4, 0.5) is 5.69 Å². The lowest BCUT2D eigenvalue weighted by molar-refractivity contribution is -0.147. The zero-order chi connectivity index (χ0) is 18.8. The van der Waals surface area contributed by atoms with Gasteiger partial charge in [-0.2, -0.15) is 0 Å². The molecular formula is C20H22ClN3O3. The summed E-state index contributed by atoms with van der Waals surface area (Å²) in [5.74, 6) is -1.21. The first kappa shape index (κ1) is 20.5. The van der Waals surface area contributed by atoms with E-state index in [1.54, 1.807) is 24.0 Å². The van der Waals surface area contributed by atoms with Crippen LogP contribution >= 0.6 is 12.4 Å². The number of hydrogen-bond donors (Lipinski definition) is 2. The van der Waals surface area contributed by atoms with Gasteiger partial charge in [0.2, 0.25) is 5.91 Å². The number of nitrogens with zero attached hydrogens (tertiary/aromatic N) is 1. The van der Waals surface area contributed by atoms with Crippen LogP contribution in [0.15, 0.2) is 48.5 Å². The summed E-state index contributed by atoms with van der Waals surface area (Å²) < 4.78 is 4.80. The fraction of sp³-hybridized carbons (Fsp3) is 0.250. The Morgan fingerprint density at radius 2 is 1.63 bits per heavy atom. The first-order valence-electron chi connectivity index (χ1n) is 8.36. The molecule has 3 rings (SSSR count). The first-order chi connectivity index (χ1) is 12.4. The fourth-order valence-corrected chi connectivity index (χ4v) is 3.20. The standard InChI is InChI=1S/C20H21N3O3.ClH/c1-12-17(20(25)26-2)11-23(19(12)24)16-9-7-14(8-10-16)13-3-5-15(6-4-13)18(21)22;/h3-10,12,17H,11H2,1-2H3,(H3,21,22);1H. The van der Waals surface area contributed by atoms with Crippen LogP contribution in [0.2, 0.25) is 0 Å². The number of esters is 1. The van der Waals surface area contributed by atoms with E-state index in [0.29, 0.717) is 12.1 Å². The van der Waals surface area contributed by atoms with Gasteiger partial charge in [0.25, 0.3) is 0 Å². The molecule has 1 fully saturated rings. The van der Waals surface area contributed by atoms with Crippen LogP contribution < -0.4 is 10.6 Å². The first-order valence-corrected chi connectivity index (χ1v) is 8.36. The van der Waals surface area contributed by atoms with Crippen LogP contribution in [0.5, 0.6) is 0 Å². The third-order valence-electron chi connectivity index (χ3n) is 4.85. The summed E-state index contributed by atoms with van der Waals surface area (Å²) in [6.07, 6.45) is 0. The highest BCUT2D eigenvalue weighted by atomic mass is 35.5. The van der Waals surface area contributed by atoms with Crippen molar-refractivity contribution in [2.24, 2.45) is 17.6 Å². The van der Waals surface area contributed by atoms with Gasteiger partial charge in [-0.3, -0.25) is 15.0 Å². The van der Waals surface area contributed by atoms with Crippen molar-refractivity contribution in [1.29, 1.82) is 5.41 Å². The van der Waals surface area contributed by atoms with Gasteiger partial charge in [0.05, 0.1) is 18.9 Å². The molecule has 2 unspecified atom stereocenters. The second kappa shape index (κ2) is 8.22. The number of amides is 1. The summed E-state index contributed by atoms with van der Waals surface area (Å²) in [5.41, 5.74) is 8.90. The summed E-state index contributed by atoms with van der Waals surface area (Å²) in [4.78, 5) is 25.9. The number of halogens is 1. The molecule has 0 aromatic heterocycles. The number of nitrogen functional groups attached to an aromatic ring is 1. The Bertz CT molecular complexity index is 850. The third kappa shape index (κ3) is 3.95. The van der Waals surface area contributed by atoms with E-state index < -0.39 is 5.92 Å². The Hall–Kier alpha value is -2.86. The smallest absolute Gasteiger partial charge is 0.311 e. The van der Waals surface area contributed by atoms with Crippen molar-refractivity contribution in [3.05, 3.63) is 54.1 Å². The van der Waals surface area contributed by atoms with Crippen molar-refractivity contribution in [1.82, 2.24) is 0 Å². The fourth-order valence-electron chi connectivity index (χ4n) is 3.20. The van der Waals surface area contributed by atoms with Gasteiger partial charge in [-0.1, -0.05) is 43.3 Å². The maximum atomic E-state index is 12.5. The van der Waals surface area contributed by atoms with Gasteiger partial charge in [0, 0.05) is 17.8 Å². The van der Waals surface area contributed by atoms with E-state index in [1.807, 2.05) is 36.4 Å². The van der Waals surface area contributed by atoms with E-state index in [-0.39, 0.29) is 36.0 Å². The van der Waals surface area contributed by atoms with E-state index in [0.717, 1.165) is 16.8 Å². The predicted molar refractivity (Wildman–Crippen MR) is 107 cm³/mol. The molecule has 0 bridgehead atoms. The molecule has 2 aromatic carbocycles. The van der Waals surface area contributed by atoms with Gasteiger partial charge in [-0.15, -0.1) is 12.4 Å². The number of carbonyl (C=O) groups is 2. The van der Waals surface area contributed by atoms with Crippen LogP contribution in [0.3, 0.4) is 0 Å². The Balaban J connectivity index is 0.00000261. The second-order valence-corrected chi connectivity index (χ2v) is 6.41. The molecule has 3 N–H and O–H groups in total. The predicted octanol–water partition coefficient (Wildman–Crippen LogP) is 2.83. The summed E-state index contributed by atoms with van der Waals surface area (Å²) >= 11 is 0. The average Bonchev–Trinajstić information content (AvgIpc) is 2.96. The molecule has 142 valence electrons. The summed E-state index contributed by atoms with van der Waals surface area (Å²) in [7, 11) is 1.34. The lowest BCUT2D eigenvalue weighted by Gasteiger charge is -2.17. The minimum Gasteiger partial charge on any atom is -0.469 e. The molecule has 1 heterocycles. The summed E-state index contributed by atoms with van der Waals surface area (Å²) in [6.45, 7) is 2.09. The van der Waals surface area contributed by atoms with Crippen LogP contribution in [0, 0.1) is 17.2 Å². The number of hydrogen-bond acceptors (Lipinski definition) is 4. The van der Waals surface area contributed by atoms with Gasteiger partial charge in [-0.25, -0.2) is 0 Å². The number of carbonyl (C=O) groups excluding carboxylic acids is 2. The van der Waals surface area contributed by atoms with Crippen molar-refractivity contribution < 1.29 is 14.3 Å². The molecule has 1 saturated heterocycles. The number of nitrogens with one attached hydrogen (secondary N) is 1. The van der Waals surface area contributed by atoms with Gasteiger partial charge in [-0.05, 0) is 23.3 Å². The molecule has 2 atom stereocenters. The van der Waals surface area contributed by atoms with E-state index in [1.165, 1.54) is 7.11 Å². The molecule has 1 amide bonds. The molecule has 6 nitrogen and oxygen atoms in total. The SMILES string of the molecule is COC(=O)C1CN(c2ccc(-c3ccc(C(=N)N)cc3)cc2)C(=O)C1C.Cl. The third-order valence-corrected chi connectivity index (χ3v) is 4.85. The molecule has 27 heavy (non-hydrogen) atoms. The average molecular weight is 388 g/mol. The molecule has 1 aliphatic rings. The molecule has 0 radical (unpaired) electrons. The Morgan fingerprint density at radius 1 is 1.11 bits per heavy atom. The monoisotopic (exact) mass is 387 g/mol. The van der Waals surface area contributed by atoms with E-state index in [4.69, 9.17) is 15.9 Å². The van der Waals surface area contributed by atoms with Crippen LogP contribution in [-0.4, -0.2) is 31.4 Å². The van der Waals surface area contributed by atoms with Gasteiger partial charge in [0.1, 0.15) is 5.84 Å². The molecule has 1 aliphatic heterocycles. The normalized spacial score (nSPS) is 18.7. The van der Waals surface area contributed by atoms with Crippen LogP contribution in [0.1, 0.15) is 12.5 Å². The number of amidine groups is 1. The Morgan fingerprint density at radius 3 is 2.11 bits per heavy atom. The van der Waals surface area contributed by atoms with Crippen molar-refractivity contribution in [3.8, 4) is 11.1 Å². The Kier molecular flexibility index (Phi) is 6.23. The van der Waals surface area contributed by atoms with Crippen LogP contribution in [-0.2, 0) is 14.3 Å². The van der Waals surface area contributed by atoms with E-state index in [2.05, 4.69) is 0 Å². The molecular weight excluding hydrogens is 366 g/mol. The Labute approximate surface area is 164 Å². The molecule has 0 saturated carbocycles. The largest absolute Gasteiger partial charge is 0.469 e. The highest BCUT2D eigenvalue weighted by Crippen LogP contribution is 2.31. The highest BCUT2D eigenvalue weighted by molar-refractivity contribution is 6.01. The van der Waals surface area contributed by atoms with Crippen molar-refractivity contribution >= 4 is 35.8 Å². The topological polar surface area (TPSA) is 96.5 Å². The molecule has 0 spiro atoms. The lowest BCUT2D eigenvalue weighted by atomic mass is 9.98. The maximum Gasteiger partial charge on any atom is 0.311 e. The maximum absolute atomic E-state index is 12.5. The summed E-state index contributed by atoms with van der Waals surface area (Å²) in [6, 6.07) is 15.0. The number of nitrogens with two attached hydrogens (primary N) is 1. The number of anilines is 1. The zero-order valence-corrected chi connectivity index (χ0v) is 16.0. The minimum atomic E-state index is -0.439. The van der Waals surface area contributed by atoms with Crippen molar-refractivity contribution in [2.45, 2.75) is 6.92 Å². The second-order valence-electron chi connectivity index (χ2n) is 6.41. The van der Waals surface area contributed by atoms with Crippen molar-refractivity contribution in [3.63, 3.8) is 0 Å². The van der Waals surface area contributed by atoms with Gasteiger partial charge >= 0.3 is 5.97 Å². The molecule has 2 aromatic rings. The number of ether oxygens (including phenoxy) is 1. The van der Waals surface area contributed by atoms with E-state index in [9.17, 15) is 9.59 Å².